The minimum absolute atomic E-state index is 0.318. The van der Waals surface area contributed by atoms with E-state index in [4.69, 9.17) is 5.73 Å². The maximum atomic E-state index is 12.7. The molecule has 0 aliphatic carbocycles. The van der Waals surface area contributed by atoms with E-state index in [-0.39, 0.29) is 5.91 Å². The zero-order chi connectivity index (χ0) is 18.4. The van der Waals surface area contributed by atoms with Crippen molar-refractivity contribution in [2.45, 2.75) is 38.1 Å². The molecule has 1 fully saturated rings. The molecule has 1 saturated heterocycles. The SMILES string of the molecule is Cc1ccc(C(Cc2ccncc2)(NCCC2CCNCC2)C(N)=O)s1. The molecule has 0 aromatic carbocycles. The lowest BCUT2D eigenvalue weighted by Crippen LogP contribution is -2.54. The molecule has 2 aromatic heterocycles. The first-order valence-electron chi connectivity index (χ1n) is 9.31. The molecule has 5 nitrogen and oxygen atoms in total. The van der Waals surface area contributed by atoms with E-state index in [1.165, 1.54) is 17.7 Å². The monoisotopic (exact) mass is 372 g/mol. The van der Waals surface area contributed by atoms with E-state index < -0.39 is 5.54 Å². The van der Waals surface area contributed by atoms with Crippen LogP contribution in [-0.2, 0) is 16.8 Å². The summed E-state index contributed by atoms with van der Waals surface area (Å²) in [5, 5.41) is 6.96. The van der Waals surface area contributed by atoms with Crippen LogP contribution in [-0.4, -0.2) is 30.5 Å². The average molecular weight is 373 g/mol. The summed E-state index contributed by atoms with van der Waals surface area (Å²) in [7, 11) is 0. The van der Waals surface area contributed by atoms with Crippen molar-refractivity contribution in [2.24, 2.45) is 11.7 Å². The fourth-order valence-corrected chi connectivity index (χ4v) is 4.70. The third-order valence-corrected chi connectivity index (χ3v) is 6.40. The number of carbonyl (C=O) groups is 1. The Kier molecular flexibility index (Phi) is 6.40. The number of aromatic nitrogens is 1. The third kappa shape index (κ3) is 4.50. The largest absolute Gasteiger partial charge is 0.368 e. The molecule has 0 radical (unpaired) electrons. The van der Waals surface area contributed by atoms with E-state index in [1.807, 2.05) is 18.2 Å². The molecule has 1 aliphatic rings. The molecule has 1 amide bonds. The van der Waals surface area contributed by atoms with Gasteiger partial charge in [-0.3, -0.25) is 15.1 Å². The Balaban J connectivity index is 1.80. The zero-order valence-corrected chi connectivity index (χ0v) is 16.1. The lowest BCUT2D eigenvalue weighted by Gasteiger charge is -2.32. The van der Waals surface area contributed by atoms with Crippen LogP contribution in [0.15, 0.2) is 36.7 Å². The Morgan fingerprint density at radius 2 is 2.04 bits per heavy atom. The second-order valence-corrected chi connectivity index (χ2v) is 8.41. The highest BCUT2D eigenvalue weighted by Crippen LogP contribution is 2.32. The van der Waals surface area contributed by atoms with Gasteiger partial charge in [0.25, 0.3) is 0 Å². The van der Waals surface area contributed by atoms with Crippen molar-refractivity contribution in [1.82, 2.24) is 15.6 Å². The third-order valence-electron chi connectivity index (χ3n) is 5.24. The number of nitrogens with one attached hydrogen (secondary N) is 2. The van der Waals surface area contributed by atoms with Gasteiger partial charge in [0.05, 0.1) is 0 Å². The van der Waals surface area contributed by atoms with Crippen LogP contribution in [0.5, 0.6) is 0 Å². The molecular formula is C20H28N4OS. The molecule has 1 unspecified atom stereocenters. The van der Waals surface area contributed by atoms with Crippen molar-refractivity contribution in [1.29, 1.82) is 0 Å². The topological polar surface area (TPSA) is 80.0 Å². The maximum Gasteiger partial charge on any atom is 0.243 e. The first-order valence-corrected chi connectivity index (χ1v) is 10.1. The number of amides is 1. The molecule has 0 saturated carbocycles. The number of thiophene rings is 1. The van der Waals surface area contributed by atoms with E-state index in [0.717, 1.165) is 36.5 Å². The van der Waals surface area contributed by atoms with Gasteiger partial charge in [-0.15, -0.1) is 11.3 Å². The predicted octanol–water partition coefficient (Wildman–Crippen LogP) is 2.35. The lowest BCUT2D eigenvalue weighted by molar-refractivity contribution is -0.124. The Hall–Kier alpha value is -1.76. The van der Waals surface area contributed by atoms with Crippen molar-refractivity contribution in [3.8, 4) is 0 Å². The van der Waals surface area contributed by atoms with Gasteiger partial charge < -0.3 is 11.1 Å². The van der Waals surface area contributed by atoms with Gasteiger partial charge >= 0.3 is 0 Å². The van der Waals surface area contributed by atoms with Crippen LogP contribution in [0, 0.1) is 12.8 Å². The first kappa shape index (κ1) is 19.0. The molecule has 6 heteroatoms. The fraction of sp³-hybridized carbons (Fsp3) is 0.500. The lowest BCUT2D eigenvalue weighted by atomic mass is 9.87. The predicted molar refractivity (Wildman–Crippen MR) is 106 cm³/mol. The van der Waals surface area contributed by atoms with Gasteiger partial charge in [-0.05, 0) is 81.6 Å². The van der Waals surface area contributed by atoms with Crippen molar-refractivity contribution in [3.05, 3.63) is 52.0 Å². The number of nitrogens with zero attached hydrogens (tertiary/aromatic N) is 1. The molecular weight excluding hydrogens is 344 g/mol. The zero-order valence-electron chi connectivity index (χ0n) is 15.3. The second kappa shape index (κ2) is 8.75. The van der Waals surface area contributed by atoms with E-state index in [1.54, 1.807) is 23.7 Å². The van der Waals surface area contributed by atoms with Gasteiger partial charge in [0.2, 0.25) is 5.91 Å². The van der Waals surface area contributed by atoms with Crippen molar-refractivity contribution in [2.75, 3.05) is 19.6 Å². The highest BCUT2D eigenvalue weighted by atomic mass is 32.1. The number of nitrogens with two attached hydrogens (primary N) is 1. The summed E-state index contributed by atoms with van der Waals surface area (Å²) in [6.45, 7) is 5.02. The van der Waals surface area contributed by atoms with Crippen LogP contribution in [0.1, 0.15) is 34.6 Å². The molecule has 1 aliphatic heterocycles. The Morgan fingerprint density at radius 3 is 2.65 bits per heavy atom. The van der Waals surface area contributed by atoms with Crippen LogP contribution >= 0.6 is 11.3 Å². The number of carbonyl (C=O) groups excluding carboxylic acids is 1. The molecule has 1 atom stereocenters. The van der Waals surface area contributed by atoms with Gasteiger partial charge in [-0.25, -0.2) is 0 Å². The summed E-state index contributed by atoms with van der Waals surface area (Å²) < 4.78 is 0. The maximum absolute atomic E-state index is 12.7. The van der Waals surface area contributed by atoms with Crippen LogP contribution < -0.4 is 16.4 Å². The van der Waals surface area contributed by atoms with Gasteiger partial charge in [0.1, 0.15) is 5.54 Å². The average Bonchev–Trinajstić information content (AvgIpc) is 3.09. The van der Waals surface area contributed by atoms with Gasteiger partial charge in [0.15, 0.2) is 0 Å². The highest BCUT2D eigenvalue weighted by molar-refractivity contribution is 7.12. The number of hydrogen-bond donors (Lipinski definition) is 3. The molecule has 26 heavy (non-hydrogen) atoms. The van der Waals surface area contributed by atoms with Gasteiger partial charge in [-0.2, -0.15) is 0 Å². The van der Waals surface area contributed by atoms with Crippen molar-refractivity contribution in [3.63, 3.8) is 0 Å². The van der Waals surface area contributed by atoms with Crippen LogP contribution in [0.3, 0.4) is 0 Å². The van der Waals surface area contributed by atoms with Crippen LogP contribution in [0.4, 0.5) is 0 Å². The summed E-state index contributed by atoms with van der Waals surface area (Å²) in [4.78, 5) is 18.9. The summed E-state index contributed by atoms with van der Waals surface area (Å²) in [6.07, 6.45) is 7.53. The number of primary amides is 1. The van der Waals surface area contributed by atoms with Crippen LogP contribution in [0.2, 0.25) is 0 Å². The van der Waals surface area contributed by atoms with E-state index in [9.17, 15) is 4.79 Å². The molecule has 0 spiro atoms. The van der Waals surface area contributed by atoms with Crippen molar-refractivity contribution >= 4 is 17.2 Å². The summed E-state index contributed by atoms with van der Waals surface area (Å²) in [5.41, 5.74) is 6.15. The molecule has 2 aromatic rings. The van der Waals surface area contributed by atoms with E-state index in [0.29, 0.717) is 12.3 Å². The number of rotatable bonds is 8. The molecule has 3 heterocycles. The van der Waals surface area contributed by atoms with Gasteiger partial charge in [-0.1, -0.05) is 0 Å². The summed E-state index contributed by atoms with van der Waals surface area (Å²) in [6, 6.07) is 7.99. The molecule has 3 rings (SSSR count). The Morgan fingerprint density at radius 1 is 1.31 bits per heavy atom. The smallest absolute Gasteiger partial charge is 0.243 e. The first-order chi connectivity index (χ1) is 12.6. The quantitative estimate of drug-likeness (QED) is 0.664. The highest BCUT2D eigenvalue weighted by Gasteiger charge is 2.39. The molecule has 140 valence electrons. The number of piperidine rings is 1. The normalized spacial score (nSPS) is 17.7. The van der Waals surface area contributed by atoms with E-state index in [2.05, 4.69) is 28.6 Å². The minimum atomic E-state index is -0.868. The Labute approximate surface area is 159 Å². The number of aryl methyl sites for hydroxylation is 1. The summed E-state index contributed by atoms with van der Waals surface area (Å²) >= 11 is 1.64. The molecule has 0 bridgehead atoms. The summed E-state index contributed by atoms with van der Waals surface area (Å²) in [5.74, 6) is 0.391. The standard InChI is InChI=1S/C20H28N4OS/c1-15-2-3-18(26-15)20(19(21)25,14-17-6-11-23-12-7-17)24-13-8-16-4-9-22-10-5-16/h2-3,6-7,11-12,16,22,24H,4-5,8-10,13-14H2,1H3,(H2,21,25). The fourth-order valence-electron chi connectivity index (χ4n) is 3.66. The minimum Gasteiger partial charge on any atom is -0.368 e. The number of pyridine rings is 1. The van der Waals surface area contributed by atoms with Gasteiger partial charge in [0, 0.05) is 28.6 Å². The molecule has 4 N–H and O–H groups in total. The second-order valence-electron chi connectivity index (χ2n) is 7.12. The van der Waals surface area contributed by atoms with Crippen LogP contribution in [0.25, 0.3) is 0 Å². The van der Waals surface area contributed by atoms with E-state index >= 15 is 0 Å². The number of hydrogen-bond acceptors (Lipinski definition) is 5. The Bertz CT molecular complexity index is 712. The van der Waals surface area contributed by atoms with Crippen molar-refractivity contribution < 1.29 is 4.79 Å².